The van der Waals surface area contributed by atoms with Gasteiger partial charge in [0.15, 0.2) is 0 Å². The molecule has 2 aromatic heterocycles. The molecule has 4 heteroatoms. The Balaban J connectivity index is 2.16. The summed E-state index contributed by atoms with van der Waals surface area (Å²) in [5.74, 6) is 0. The van der Waals surface area contributed by atoms with E-state index in [1.54, 1.807) is 7.11 Å². The minimum Gasteiger partial charge on any atom is -0.383 e. The molecule has 0 aliphatic heterocycles. The van der Waals surface area contributed by atoms with Gasteiger partial charge in [-0.1, -0.05) is 37.3 Å². The Bertz CT molecular complexity index is 738. The number of rotatable bonds is 6. The smallest absolute Gasteiger partial charge is 0.0963 e. The molecule has 1 aromatic carbocycles. The Kier molecular flexibility index (Phi) is 4.83. The van der Waals surface area contributed by atoms with Gasteiger partial charge in [0.2, 0.25) is 0 Å². The number of methoxy groups -OCH3 is 1. The molecular weight excluding hydrogens is 286 g/mol. The van der Waals surface area contributed by atoms with Gasteiger partial charge >= 0.3 is 0 Å². The Hall–Kier alpha value is -2.46. The molecule has 0 bridgehead atoms. The van der Waals surface area contributed by atoms with Crippen LogP contribution >= 0.6 is 0 Å². The van der Waals surface area contributed by atoms with Crippen LogP contribution in [0.2, 0.25) is 0 Å². The summed E-state index contributed by atoms with van der Waals surface area (Å²) < 4.78 is 7.62. The maximum absolute atomic E-state index is 5.39. The second kappa shape index (κ2) is 7.20. The third-order valence-corrected chi connectivity index (χ3v) is 4.02. The van der Waals surface area contributed by atoms with Gasteiger partial charge in [0, 0.05) is 30.6 Å². The molecule has 0 amide bonds. The van der Waals surface area contributed by atoms with Gasteiger partial charge in [-0.2, -0.15) is 0 Å². The number of hydrogen-bond donors (Lipinski definition) is 0. The van der Waals surface area contributed by atoms with E-state index in [2.05, 4.69) is 28.6 Å². The number of ether oxygens (including phenoxy) is 1. The lowest BCUT2D eigenvalue weighted by atomic mass is 10.0. The van der Waals surface area contributed by atoms with Crippen LogP contribution in [-0.2, 0) is 4.74 Å². The fourth-order valence-electron chi connectivity index (χ4n) is 2.83. The van der Waals surface area contributed by atoms with Gasteiger partial charge < -0.3 is 9.30 Å². The molecule has 3 rings (SSSR count). The summed E-state index contributed by atoms with van der Waals surface area (Å²) in [6, 6.07) is 14.6. The largest absolute Gasteiger partial charge is 0.383 e. The molecule has 2 heterocycles. The molecule has 1 atom stereocenters. The summed E-state index contributed by atoms with van der Waals surface area (Å²) in [6.45, 7) is 2.83. The van der Waals surface area contributed by atoms with Gasteiger partial charge in [0.25, 0.3) is 0 Å². The molecule has 0 aliphatic rings. The van der Waals surface area contributed by atoms with Gasteiger partial charge in [-0.3, -0.25) is 4.98 Å². The zero-order chi connectivity index (χ0) is 16.1. The third-order valence-electron chi connectivity index (χ3n) is 4.02. The predicted molar refractivity (Wildman–Crippen MR) is 92.1 cm³/mol. The van der Waals surface area contributed by atoms with Crippen LogP contribution in [0.4, 0.5) is 0 Å². The molecule has 4 nitrogen and oxygen atoms in total. The fraction of sp³-hybridized carbons (Fsp3) is 0.263. The molecule has 0 saturated carbocycles. The van der Waals surface area contributed by atoms with Crippen molar-refractivity contribution in [3.05, 3.63) is 61.2 Å². The number of benzene rings is 1. The highest BCUT2D eigenvalue weighted by Gasteiger charge is 2.19. The van der Waals surface area contributed by atoms with Gasteiger partial charge in [-0.15, -0.1) is 0 Å². The van der Waals surface area contributed by atoms with Crippen molar-refractivity contribution in [3.8, 4) is 22.5 Å². The van der Waals surface area contributed by atoms with Crippen LogP contribution in [0, 0.1) is 0 Å². The highest BCUT2D eigenvalue weighted by atomic mass is 16.5. The lowest BCUT2D eigenvalue weighted by Crippen LogP contribution is -2.14. The topological polar surface area (TPSA) is 39.9 Å². The highest BCUT2D eigenvalue weighted by molar-refractivity contribution is 5.78. The molecule has 0 aliphatic carbocycles. The molecule has 0 saturated heterocycles. The molecule has 1 unspecified atom stereocenters. The van der Waals surface area contributed by atoms with E-state index in [1.165, 1.54) is 0 Å². The van der Waals surface area contributed by atoms with Gasteiger partial charge in [0.05, 0.1) is 30.4 Å². The first-order valence-corrected chi connectivity index (χ1v) is 7.86. The number of aromatic nitrogens is 3. The molecule has 0 spiro atoms. The average molecular weight is 307 g/mol. The Labute approximate surface area is 136 Å². The van der Waals surface area contributed by atoms with Crippen molar-refractivity contribution in [3.63, 3.8) is 0 Å². The monoisotopic (exact) mass is 307 g/mol. The van der Waals surface area contributed by atoms with E-state index in [-0.39, 0.29) is 6.04 Å². The summed E-state index contributed by atoms with van der Waals surface area (Å²) in [5, 5.41) is 0. The summed E-state index contributed by atoms with van der Waals surface area (Å²) in [7, 11) is 1.74. The molecular formula is C19H21N3O. The summed E-state index contributed by atoms with van der Waals surface area (Å²) in [5.41, 5.74) is 4.34. The van der Waals surface area contributed by atoms with E-state index >= 15 is 0 Å². The van der Waals surface area contributed by atoms with Crippen LogP contribution in [0.25, 0.3) is 22.5 Å². The molecule has 3 aromatic rings. The molecule has 0 fully saturated rings. The Morgan fingerprint density at radius 2 is 1.78 bits per heavy atom. The second-order valence-electron chi connectivity index (χ2n) is 5.47. The SMILES string of the molecule is CCC(COC)n1cnc(-c2ccccc2)c1-c1ccncc1. The van der Waals surface area contributed by atoms with Crippen molar-refractivity contribution in [1.82, 2.24) is 14.5 Å². The number of pyridine rings is 1. The Morgan fingerprint density at radius 1 is 1.04 bits per heavy atom. The number of nitrogens with zero attached hydrogens (tertiary/aromatic N) is 3. The quantitative estimate of drug-likeness (QED) is 0.685. The van der Waals surface area contributed by atoms with Crippen LogP contribution in [0.5, 0.6) is 0 Å². The molecule has 23 heavy (non-hydrogen) atoms. The molecule has 0 radical (unpaired) electrons. The lowest BCUT2D eigenvalue weighted by molar-refractivity contribution is 0.154. The van der Waals surface area contributed by atoms with Crippen molar-refractivity contribution in [2.75, 3.05) is 13.7 Å². The third kappa shape index (κ3) is 3.17. The summed E-state index contributed by atoms with van der Waals surface area (Å²) in [6.07, 6.45) is 6.54. The number of hydrogen-bond acceptors (Lipinski definition) is 3. The molecule has 118 valence electrons. The average Bonchev–Trinajstić information content (AvgIpc) is 3.06. The van der Waals surface area contributed by atoms with E-state index in [0.717, 1.165) is 28.9 Å². The zero-order valence-corrected chi connectivity index (χ0v) is 13.5. The van der Waals surface area contributed by atoms with Gasteiger partial charge in [-0.05, 0) is 18.6 Å². The van der Waals surface area contributed by atoms with Gasteiger partial charge in [-0.25, -0.2) is 4.98 Å². The number of imidazole rings is 1. The summed E-state index contributed by atoms with van der Waals surface area (Å²) >= 11 is 0. The normalized spacial score (nSPS) is 12.3. The zero-order valence-electron chi connectivity index (χ0n) is 13.5. The van der Waals surface area contributed by atoms with Crippen molar-refractivity contribution in [1.29, 1.82) is 0 Å². The van der Waals surface area contributed by atoms with Crippen molar-refractivity contribution < 1.29 is 4.74 Å². The minimum absolute atomic E-state index is 0.258. The maximum Gasteiger partial charge on any atom is 0.0963 e. The van der Waals surface area contributed by atoms with E-state index in [0.29, 0.717) is 6.61 Å². The first-order valence-electron chi connectivity index (χ1n) is 7.86. The van der Waals surface area contributed by atoms with E-state index in [9.17, 15) is 0 Å². The minimum atomic E-state index is 0.258. The lowest BCUT2D eigenvalue weighted by Gasteiger charge is -2.19. The van der Waals surface area contributed by atoms with Crippen LogP contribution in [0.15, 0.2) is 61.2 Å². The fourth-order valence-corrected chi connectivity index (χ4v) is 2.83. The van der Waals surface area contributed by atoms with Crippen LogP contribution in [-0.4, -0.2) is 28.3 Å². The van der Waals surface area contributed by atoms with Crippen molar-refractivity contribution in [2.45, 2.75) is 19.4 Å². The standard InChI is InChI=1S/C19H21N3O/c1-3-17(13-23-2)22-14-21-18(15-7-5-4-6-8-15)19(22)16-9-11-20-12-10-16/h4-12,14,17H,3,13H2,1-2H3. The molecule has 0 N–H and O–H groups in total. The predicted octanol–water partition coefficient (Wildman–Crippen LogP) is 4.21. The Morgan fingerprint density at radius 3 is 2.43 bits per heavy atom. The van der Waals surface area contributed by atoms with Crippen LogP contribution < -0.4 is 0 Å². The van der Waals surface area contributed by atoms with E-state index in [1.807, 2.05) is 49.1 Å². The van der Waals surface area contributed by atoms with Crippen molar-refractivity contribution >= 4 is 0 Å². The first-order chi connectivity index (χ1) is 11.3. The van der Waals surface area contributed by atoms with Crippen LogP contribution in [0.1, 0.15) is 19.4 Å². The van der Waals surface area contributed by atoms with Gasteiger partial charge in [0.1, 0.15) is 0 Å². The first kappa shape index (κ1) is 15.4. The highest BCUT2D eigenvalue weighted by Crippen LogP contribution is 2.33. The maximum atomic E-state index is 5.39. The van der Waals surface area contributed by atoms with E-state index < -0.39 is 0 Å². The second-order valence-corrected chi connectivity index (χ2v) is 5.47. The van der Waals surface area contributed by atoms with Crippen LogP contribution in [0.3, 0.4) is 0 Å². The van der Waals surface area contributed by atoms with Crippen molar-refractivity contribution in [2.24, 2.45) is 0 Å². The summed E-state index contributed by atoms with van der Waals surface area (Å²) in [4.78, 5) is 8.84. The van der Waals surface area contributed by atoms with E-state index in [4.69, 9.17) is 9.72 Å².